The van der Waals surface area contributed by atoms with Crippen LogP contribution in [-0.4, -0.2) is 26.4 Å². The summed E-state index contributed by atoms with van der Waals surface area (Å²) < 4.78 is 52.6. The van der Waals surface area contributed by atoms with Gasteiger partial charge in [0.25, 0.3) is 0 Å². The van der Waals surface area contributed by atoms with Gasteiger partial charge in [0, 0.05) is 12.7 Å². The highest BCUT2D eigenvalue weighted by molar-refractivity contribution is 5.90. The number of nitrogens with zero attached hydrogens (tertiary/aromatic N) is 3. The van der Waals surface area contributed by atoms with Gasteiger partial charge < -0.3 is 5.32 Å². The molecule has 1 unspecified atom stereocenters. The topological polar surface area (TPSA) is 68.9 Å². The number of aromatic nitrogens is 3. The van der Waals surface area contributed by atoms with Gasteiger partial charge in [0.2, 0.25) is 12.1 Å². The van der Waals surface area contributed by atoms with Crippen molar-refractivity contribution in [2.24, 2.45) is 7.05 Å². The Balaban J connectivity index is 2.12. The Kier molecular flexibility index (Phi) is 4.76. The van der Waals surface area contributed by atoms with Crippen molar-refractivity contribution in [3.8, 4) is 0 Å². The fraction of sp³-hybridized carbons (Fsp3) is 0.357. The van der Waals surface area contributed by atoms with Gasteiger partial charge in [-0.25, -0.2) is 13.9 Å². The maximum Gasteiger partial charge on any atom is 0.423 e. The summed E-state index contributed by atoms with van der Waals surface area (Å²) in [6.07, 6.45) is -8.17. The van der Waals surface area contributed by atoms with Gasteiger partial charge in [-0.1, -0.05) is 12.1 Å². The molecule has 0 aliphatic carbocycles. The summed E-state index contributed by atoms with van der Waals surface area (Å²) in [7, 11) is 1.49. The van der Waals surface area contributed by atoms with Crippen molar-refractivity contribution in [3.63, 3.8) is 0 Å². The van der Waals surface area contributed by atoms with Crippen LogP contribution in [0.4, 0.5) is 23.2 Å². The molecule has 1 atom stereocenters. The zero-order valence-electron chi connectivity index (χ0n) is 12.8. The normalized spacial score (nSPS) is 12.9. The second-order valence-corrected chi connectivity index (χ2v) is 5.12. The average Bonchev–Trinajstić information content (AvgIpc) is 2.73. The van der Waals surface area contributed by atoms with Crippen LogP contribution in [0.1, 0.15) is 17.6 Å². The lowest BCUT2D eigenvalue weighted by Crippen LogP contribution is -2.29. The zero-order valence-corrected chi connectivity index (χ0v) is 12.8. The van der Waals surface area contributed by atoms with Crippen molar-refractivity contribution >= 4 is 11.6 Å². The van der Waals surface area contributed by atoms with Crippen molar-refractivity contribution in [2.75, 3.05) is 5.32 Å². The molecule has 24 heavy (non-hydrogen) atoms. The van der Waals surface area contributed by atoms with E-state index < -0.39 is 36.1 Å². The molecule has 1 amide bonds. The first kappa shape index (κ1) is 17.7. The van der Waals surface area contributed by atoms with Crippen LogP contribution in [0, 0.1) is 6.92 Å². The number of nitrogens with one attached hydrogen (secondary N) is 1. The van der Waals surface area contributed by atoms with E-state index in [-0.39, 0.29) is 5.69 Å². The Morgan fingerprint density at radius 3 is 2.58 bits per heavy atom. The number of carbonyl (C=O) groups excluding carboxylic acids is 1. The predicted molar refractivity (Wildman–Crippen MR) is 77.2 cm³/mol. The molecule has 2 rings (SSSR count). The number of benzene rings is 1. The third kappa shape index (κ3) is 3.81. The standard InChI is InChI=1S/C14H14F4N4O2/c1-8-20-22(13(24)21(8)2)7-11(23)19-10-5-3-4-9(6-10)12(15)14(16,17)18/h3-6,12H,7H2,1-2H3,(H,19,23). The number of amides is 1. The highest BCUT2D eigenvalue weighted by atomic mass is 19.4. The molecule has 2 aromatic rings. The molecule has 0 aliphatic rings. The molecule has 6 nitrogen and oxygen atoms in total. The van der Waals surface area contributed by atoms with Gasteiger partial charge in [0.15, 0.2) is 0 Å². The third-order valence-electron chi connectivity index (χ3n) is 3.30. The van der Waals surface area contributed by atoms with Crippen LogP contribution in [0.15, 0.2) is 29.1 Å². The molecule has 0 aliphatic heterocycles. The van der Waals surface area contributed by atoms with Gasteiger partial charge in [-0.3, -0.25) is 9.36 Å². The summed E-state index contributed by atoms with van der Waals surface area (Å²) in [5, 5.41) is 6.18. The maximum atomic E-state index is 13.3. The summed E-state index contributed by atoms with van der Waals surface area (Å²) in [5.41, 5.74) is -1.13. The first-order chi connectivity index (χ1) is 11.1. The fourth-order valence-corrected chi connectivity index (χ4v) is 2.00. The summed E-state index contributed by atoms with van der Waals surface area (Å²) in [5.74, 6) is -0.269. The number of aryl methyl sites for hydroxylation is 1. The van der Waals surface area contributed by atoms with Gasteiger partial charge in [-0.05, 0) is 24.6 Å². The minimum atomic E-state index is -5.03. The average molecular weight is 346 g/mol. The molecule has 0 saturated carbocycles. The monoisotopic (exact) mass is 346 g/mol. The van der Waals surface area contributed by atoms with Crippen LogP contribution in [-0.2, 0) is 18.4 Å². The van der Waals surface area contributed by atoms with E-state index in [9.17, 15) is 27.2 Å². The van der Waals surface area contributed by atoms with Crippen molar-refractivity contribution in [1.29, 1.82) is 0 Å². The molecule has 1 N–H and O–H groups in total. The molecule has 1 heterocycles. The van der Waals surface area contributed by atoms with Crippen molar-refractivity contribution in [2.45, 2.75) is 25.8 Å². The number of halogens is 4. The Morgan fingerprint density at radius 1 is 1.38 bits per heavy atom. The summed E-state index contributed by atoms with van der Waals surface area (Å²) in [4.78, 5) is 23.6. The second kappa shape index (κ2) is 6.46. The van der Waals surface area contributed by atoms with Gasteiger partial charge in [-0.2, -0.15) is 18.3 Å². The Hall–Kier alpha value is -2.65. The van der Waals surface area contributed by atoms with Crippen LogP contribution in [0.25, 0.3) is 0 Å². The molecule has 0 radical (unpaired) electrons. The lowest BCUT2D eigenvalue weighted by Gasteiger charge is -2.13. The number of carbonyl (C=O) groups is 1. The number of anilines is 1. The smallest absolute Gasteiger partial charge is 0.324 e. The highest BCUT2D eigenvalue weighted by Gasteiger charge is 2.41. The van der Waals surface area contributed by atoms with Crippen LogP contribution >= 0.6 is 0 Å². The number of rotatable bonds is 4. The number of hydrogen-bond acceptors (Lipinski definition) is 3. The van der Waals surface area contributed by atoms with E-state index in [4.69, 9.17) is 0 Å². The summed E-state index contributed by atoms with van der Waals surface area (Å²) in [6, 6.07) is 4.38. The van der Waals surface area contributed by atoms with E-state index in [0.717, 1.165) is 16.8 Å². The number of alkyl halides is 4. The maximum absolute atomic E-state index is 13.3. The molecule has 0 fully saturated rings. The Bertz CT molecular complexity index is 810. The summed E-state index contributed by atoms with van der Waals surface area (Å²) in [6.45, 7) is 1.17. The van der Waals surface area contributed by atoms with E-state index in [1.807, 2.05) is 0 Å². The van der Waals surface area contributed by atoms with Crippen LogP contribution in [0.2, 0.25) is 0 Å². The van der Waals surface area contributed by atoms with Crippen molar-refractivity contribution < 1.29 is 22.4 Å². The minimum Gasteiger partial charge on any atom is -0.324 e. The van der Waals surface area contributed by atoms with Crippen LogP contribution in [0.3, 0.4) is 0 Å². The molecule has 0 spiro atoms. The van der Waals surface area contributed by atoms with Crippen LogP contribution < -0.4 is 11.0 Å². The predicted octanol–water partition coefficient (Wildman–Crippen LogP) is 2.10. The van der Waals surface area contributed by atoms with Crippen LogP contribution in [0.5, 0.6) is 0 Å². The number of hydrogen-bond donors (Lipinski definition) is 1. The van der Waals surface area contributed by atoms with E-state index >= 15 is 0 Å². The minimum absolute atomic E-state index is 0.00916. The first-order valence-electron chi connectivity index (χ1n) is 6.80. The molecular formula is C14H14F4N4O2. The first-order valence-corrected chi connectivity index (χ1v) is 6.80. The van der Waals surface area contributed by atoms with Gasteiger partial charge >= 0.3 is 11.9 Å². The SMILES string of the molecule is Cc1nn(CC(=O)Nc2cccc(C(F)C(F)(F)F)c2)c(=O)n1C. The largest absolute Gasteiger partial charge is 0.423 e. The lowest BCUT2D eigenvalue weighted by atomic mass is 10.1. The summed E-state index contributed by atoms with van der Waals surface area (Å²) >= 11 is 0. The molecule has 1 aromatic carbocycles. The molecular weight excluding hydrogens is 332 g/mol. The molecule has 130 valence electrons. The lowest BCUT2D eigenvalue weighted by molar-refractivity contribution is -0.182. The Labute approximate surface area is 133 Å². The van der Waals surface area contributed by atoms with Gasteiger partial charge in [0.05, 0.1) is 0 Å². The Morgan fingerprint density at radius 2 is 2.04 bits per heavy atom. The quantitative estimate of drug-likeness (QED) is 0.862. The molecule has 1 aromatic heterocycles. The third-order valence-corrected chi connectivity index (χ3v) is 3.30. The second-order valence-electron chi connectivity index (χ2n) is 5.12. The zero-order chi connectivity index (χ0) is 18.1. The molecule has 0 bridgehead atoms. The van der Waals surface area contributed by atoms with Gasteiger partial charge in [-0.15, -0.1) is 0 Å². The van der Waals surface area contributed by atoms with E-state index in [1.54, 1.807) is 6.92 Å². The highest BCUT2D eigenvalue weighted by Crippen LogP contribution is 2.36. The van der Waals surface area contributed by atoms with E-state index in [2.05, 4.69) is 10.4 Å². The van der Waals surface area contributed by atoms with Crippen molar-refractivity contribution in [1.82, 2.24) is 14.3 Å². The van der Waals surface area contributed by atoms with Gasteiger partial charge in [0.1, 0.15) is 12.4 Å². The molecule has 10 heteroatoms. The van der Waals surface area contributed by atoms with E-state index in [1.165, 1.54) is 23.7 Å². The van der Waals surface area contributed by atoms with E-state index in [0.29, 0.717) is 5.82 Å². The fourth-order valence-electron chi connectivity index (χ4n) is 2.00. The van der Waals surface area contributed by atoms with Crippen molar-refractivity contribution in [3.05, 3.63) is 46.1 Å². The molecule has 0 saturated heterocycles.